The highest BCUT2D eigenvalue weighted by molar-refractivity contribution is 7.99. The summed E-state index contributed by atoms with van der Waals surface area (Å²) in [5, 5.41) is 3.23. The average molecular weight is 324 g/mol. The average Bonchev–Trinajstić information content (AvgIpc) is 2.45. The number of carbonyl (C=O) groups excluding carboxylic acids is 1. The van der Waals surface area contributed by atoms with Crippen LogP contribution < -0.4 is 5.32 Å². The van der Waals surface area contributed by atoms with Gasteiger partial charge in [0, 0.05) is 22.0 Å². The van der Waals surface area contributed by atoms with Gasteiger partial charge >= 0.3 is 0 Å². The highest BCUT2D eigenvalue weighted by atomic mass is 35.5. The lowest BCUT2D eigenvalue weighted by atomic mass is 10.2. The summed E-state index contributed by atoms with van der Waals surface area (Å²) in [6, 6.07) is 12.2. The molecule has 0 atom stereocenters. The third kappa shape index (κ3) is 4.48. The molecule has 0 heterocycles. The number of benzene rings is 2. The van der Waals surface area contributed by atoms with Crippen LogP contribution in [0.25, 0.3) is 0 Å². The number of hydrogen-bond donors (Lipinski definition) is 1. The van der Waals surface area contributed by atoms with Crippen LogP contribution in [0.15, 0.2) is 42.5 Å². The molecule has 5 heteroatoms. The summed E-state index contributed by atoms with van der Waals surface area (Å²) >= 11 is 7.27. The van der Waals surface area contributed by atoms with Gasteiger partial charge < -0.3 is 5.32 Å². The summed E-state index contributed by atoms with van der Waals surface area (Å²) in [5.41, 5.74) is 2.24. The van der Waals surface area contributed by atoms with E-state index in [0.29, 0.717) is 16.3 Å². The number of carbonyl (C=O) groups is 1. The van der Waals surface area contributed by atoms with Gasteiger partial charge in [-0.3, -0.25) is 4.79 Å². The van der Waals surface area contributed by atoms with E-state index in [2.05, 4.69) is 5.32 Å². The van der Waals surface area contributed by atoms with E-state index in [9.17, 15) is 9.18 Å². The summed E-state index contributed by atoms with van der Waals surface area (Å²) in [7, 11) is 0. The minimum Gasteiger partial charge on any atom is -0.325 e. The standard InChI is InChI=1S/C16H15ClFNOS/c1-11-5-2-3-8-15(11)19-16(20)10-21-9-12-13(17)6-4-7-14(12)18/h2-8H,9-10H2,1H3,(H,19,20). The second-order valence-electron chi connectivity index (χ2n) is 4.56. The molecule has 0 saturated carbocycles. The van der Waals surface area contributed by atoms with E-state index in [0.717, 1.165) is 11.3 Å². The van der Waals surface area contributed by atoms with E-state index >= 15 is 0 Å². The molecule has 2 nitrogen and oxygen atoms in total. The van der Waals surface area contributed by atoms with Gasteiger partial charge in [-0.05, 0) is 30.7 Å². The molecule has 0 aliphatic rings. The van der Waals surface area contributed by atoms with Crippen LogP contribution in [0.4, 0.5) is 10.1 Å². The van der Waals surface area contributed by atoms with Gasteiger partial charge in [0.15, 0.2) is 0 Å². The maximum atomic E-state index is 13.6. The Morgan fingerprint density at radius 1 is 1.24 bits per heavy atom. The highest BCUT2D eigenvalue weighted by Gasteiger charge is 2.09. The molecule has 110 valence electrons. The van der Waals surface area contributed by atoms with Crippen LogP contribution in [0.1, 0.15) is 11.1 Å². The summed E-state index contributed by atoms with van der Waals surface area (Å²) in [6.07, 6.45) is 0. The monoisotopic (exact) mass is 323 g/mol. The first kappa shape index (κ1) is 15.9. The first-order valence-corrected chi connectivity index (χ1v) is 7.97. The second-order valence-corrected chi connectivity index (χ2v) is 5.95. The minimum absolute atomic E-state index is 0.109. The molecule has 2 rings (SSSR count). The molecule has 0 unspecified atom stereocenters. The maximum absolute atomic E-state index is 13.6. The molecule has 2 aromatic carbocycles. The molecular formula is C16H15ClFNOS. The van der Waals surface area contributed by atoms with Crippen molar-refractivity contribution in [2.75, 3.05) is 11.1 Å². The Balaban J connectivity index is 1.86. The van der Waals surface area contributed by atoms with Gasteiger partial charge in [-0.1, -0.05) is 35.9 Å². The molecule has 21 heavy (non-hydrogen) atoms. The Labute approximate surface area is 132 Å². The van der Waals surface area contributed by atoms with Crippen molar-refractivity contribution in [2.45, 2.75) is 12.7 Å². The predicted molar refractivity (Wildman–Crippen MR) is 87.4 cm³/mol. The smallest absolute Gasteiger partial charge is 0.234 e. The number of anilines is 1. The SMILES string of the molecule is Cc1ccccc1NC(=O)CSCc1c(F)cccc1Cl. The number of aryl methyl sites for hydroxylation is 1. The van der Waals surface area contributed by atoms with Crippen LogP contribution in [0.3, 0.4) is 0 Å². The van der Waals surface area contributed by atoms with E-state index in [4.69, 9.17) is 11.6 Å². The predicted octanol–water partition coefficient (Wildman–Crippen LogP) is 4.66. The summed E-state index contributed by atoms with van der Waals surface area (Å²) in [5.74, 6) is 0.169. The van der Waals surface area contributed by atoms with E-state index in [1.54, 1.807) is 12.1 Å². The van der Waals surface area contributed by atoms with Gasteiger partial charge in [0.25, 0.3) is 0 Å². The van der Waals surface area contributed by atoms with Gasteiger partial charge in [0.1, 0.15) is 5.82 Å². The molecule has 0 radical (unpaired) electrons. The van der Waals surface area contributed by atoms with Crippen molar-refractivity contribution in [3.05, 3.63) is 64.4 Å². The van der Waals surface area contributed by atoms with Crippen molar-refractivity contribution in [1.82, 2.24) is 0 Å². The Kier molecular flexibility index (Phi) is 5.65. The van der Waals surface area contributed by atoms with Gasteiger partial charge in [-0.2, -0.15) is 0 Å². The molecule has 0 aromatic heterocycles. The van der Waals surface area contributed by atoms with Gasteiger partial charge in [-0.25, -0.2) is 4.39 Å². The molecule has 0 bridgehead atoms. The quantitative estimate of drug-likeness (QED) is 0.867. The fourth-order valence-corrected chi connectivity index (χ4v) is 2.98. The van der Waals surface area contributed by atoms with Crippen LogP contribution in [0.5, 0.6) is 0 Å². The van der Waals surface area contributed by atoms with Crippen molar-refractivity contribution in [3.63, 3.8) is 0 Å². The largest absolute Gasteiger partial charge is 0.325 e. The highest BCUT2D eigenvalue weighted by Crippen LogP contribution is 2.24. The topological polar surface area (TPSA) is 29.1 Å². The molecule has 1 N–H and O–H groups in total. The summed E-state index contributed by atoms with van der Waals surface area (Å²) < 4.78 is 13.6. The number of amides is 1. The number of hydrogen-bond acceptors (Lipinski definition) is 2. The molecule has 2 aromatic rings. The maximum Gasteiger partial charge on any atom is 0.234 e. The fraction of sp³-hybridized carbons (Fsp3) is 0.188. The molecule has 0 saturated heterocycles. The molecule has 1 amide bonds. The molecular weight excluding hydrogens is 309 g/mol. The zero-order chi connectivity index (χ0) is 15.2. The van der Waals surface area contributed by atoms with Crippen LogP contribution >= 0.6 is 23.4 Å². The summed E-state index contributed by atoms with van der Waals surface area (Å²) in [6.45, 7) is 1.93. The van der Waals surface area contributed by atoms with Crippen LogP contribution in [-0.2, 0) is 10.5 Å². The number of para-hydroxylation sites is 1. The lowest BCUT2D eigenvalue weighted by Crippen LogP contribution is -2.15. The van der Waals surface area contributed by atoms with Gasteiger partial charge in [0.05, 0.1) is 5.75 Å². The molecule has 0 aliphatic heterocycles. The second kappa shape index (κ2) is 7.48. The Morgan fingerprint density at radius 2 is 2.00 bits per heavy atom. The zero-order valence-electron chi connectivity index (χ0n) is 11.5. The van der Waals surface area contributed by atoms with Crippen molar-refractivity contribution in [2.24, 2.45) is 0 Å². The van der Waals surface area contributed by atoms with Gasteiger partial charge in [-0.15, -0.1) is 11.8 Å². The van der Waals surface area contributed by atoms with Crippen LogP contribution in [0.2, 0.25) is 5.02 Å². The van der Waals surface area contributed by atoms with E-state index in [1.807, 2.05) is 31.2 Å². The summed E-state index contributed by atoms with van der Waals surface area (Å²) in [4.78, 5) is 11.9. The number of rotatable bonds is 5. The molecule has 0 fully saturated rings. The van der Waals surface area contributed by atoms with E-state index < -0.39 is 0 Å². The third-order valence-electron chi connectivity index (χ3n) is 2.96. The van der Waals surface area contributed by atoms with E-state index in [-0.39, 0.29) is 17.5 Å². The number of thioether (sulfide) groups is 1. The minimum atomic E-state index is -0.339. The third-order valence-corrected chi connectivity index (χ3v) is 4.27. The van der Waals surface area contributed by atoms with Crippen LogP contribution in [-0.4, -0.2) is 11.7 Å². The lowest BCUT2D eigenvalue weighted by molar-refractivity contribution is -0.113. The van der Waals surface area contributed by atoms with Crippen molar-refractivity contribution < 1.29 is 9.18 Å². The number of nitrogens with one attached hydrogen (secondary N) is 1. The van der Waals surface area contributed by atoms with Crippen molar-refractivity contribution in [3.8, 4) is 0 Å². The molecule has 0 aliphatic carbocycles. The first-order chi connectivity index (χ1) is 10.1. The first-order valence-electron chi connectivity index (χ1n) is 6.44. The number of halogens is 2. The Morgan fingerprint density at radius 3 is 2.71 bits per heavy atom. The Hall–Kier alpha value is -1.52. The zero-order valence-corrected chi connectivity index (χ0v) is 13.1. The lowest BCUT2D eigenvalue weighted by Gasteiger charge is -2.08. The van der Waals surface area contributed by atoms with Crippen molar-refractivity contribution in [1.29, 1.82) is 0 Å². The van der Waals surface area contributed by atoms with Crippen molar-refractivity contribution >= 4 is 35.0 Å². The molecule has 0 spiro atoms. The van der Waals surface area contributed by atoms with E-state index in [1.165, 1.54) is 17.8 Å². The Bertz CT molecular complexity index is 628. The fourth-order valence-electron chi connectivity index (χ4n) is 1.82. The normalized spacial score (nSPS) is 10.4. The van der Waals surface area contributed by atoms with Crippen LogP contribution in [0, 0.1) is 12.7 Å². The van der Waals surface area contributed by atoms with Gasteiger partial charge in [0.2, 0.25) is 5.91 Å².